The number of nitrogens with one attached hydrogen (secondary N) is 1. The molecule has 0 aliphatic rings. The summed E-state index contributed by atoms with van der Waals surface area (Å²) in [5.41, 5.74) is 4.38. The Morgan fingerprint density at radius 2 is 1.49 bits per heavy atom. The second-order valence-electron chi connectivity index (χ2n) is 12.2. The molecule has 47 heavy (non-hydrogen) atoms. The van der Waals surface area contributed by atoms with Gasteiger partial charge in [-0.05, 0) is 79.3 Å². The molecule has 4 aromatic rings. The lowest BCUT2D eigenvalue weighted by Gasteiger charge is -2.34. The summed E-state index contributed by atoms with van der Waals surface area (Å²) in [6.45, 7) is 9.45. The smallest absolute Gasteiger partial charge is 0.264 e. The van der Waals surface area contributed by atoms with E-state index in [2.05, 4.69) is 5.32 Å². The number of amides is 2. The molecular weight excluding hydrogens is 653 g/mol. The fraction of sp³-hybridized carbons (Fsp3) is 0.297. The molecule has 0 bridgehead atoms. The summed E-state index contributed by atoms with van der Waals surface area (Å²) in [7, 11) is -4.20. The number of nitrogens with zero attached hydrogens (tertiary/aromatic N) is 2. The summed E-state index contributed by atoms with van der Waals surface area (Å²) in [5.74, 6) is -0.709. The molecule has 0 spiro atoms. The number of hydrogen-bond donors (Lipinski definition) is 1. The second kappa shape index (κ2) is 15.8. The van der Waals surface area contributed by atoms with Crippen LogP contribution in [0, 0.1) is 26.7 Å². The second-order valence-corrected chi connectivity index (χ2v) is 14.8. The SMILES string of the molecule is Cc1ccc(S(=O)(=O)N(CC(=O)N(Cc2ccc(Cl)c(Cl)c2)C(Cc2ccccc2)C(=O)NCC(C)C)c2cccc(C)c2C)cc1. The number of anilines is 1. The molecule has 0 aromatic heterocycles. The highest BCUT2D eigenvalue weighted by atomic mass is 35.5. The van der Waals surface area contributed by atoms with E-state index in [1.54, 1.807) is 42.5 Å². The zero-order chi connectivity index (χ0) is 34.3. The minimum Gasteiger partial charge on any atom is -0.354 e. The molecule has 4 aromatic carbocycles. The number of aryl methyl sites for hydroxylation is 2. The quantitative estimate of drug-likeness (QED) is 0.157. The summed E-state index contributed by atoms with van der Waals surface area (Å²) in [6, 6.07) is 25.4. The summed E-state index contributed by atoms with van der Waals surface area (Å²) in [4.78, 5) is 30.1. The molecule has 0 saturated carbocycles. The van der Waals surface area contributed by atoms with E-state index in [0.717, 1.165) is 26.6 Å². The molecule has 10 heteroatoms. The number of carbonyl (C=O) groups is 2. The number of sulfonamides is 1. The third-order valence-electron chi connectivity index (χ3n) is 8.03. The lowest BCUT2D eigenvalue weighted by Crippen LogP contribution is -2.53. The zero-order valence-corrected chi connectivity index (χ0v) is 29.7. The first-order valence-corrected chi connectivity index (χ1v) is 17.7. The highest BCUT2D eigenvalue weighted by molar-refractivity contribution is 7.92. The van der Waals surface area contributed by atoms with Gasteiger partial charge >= 0.3 is 0 Å². The van der Waals surface area contributed by atoms with Gasteiger partial charge in [0, 0.05) is 19.5 Å². The van der Waals surface area contributed by atoms with Crippen LogP contribution in [0.4, 0.5) is 5.69 Å². The van der Waals surface area contributed by atoms with E-state index in [4.69, 9.17) is 23.2 Å². The molecule has 7 nitrogen and oxygen atoms in total. The van der Waals surface area contributed by atoms with Gasteiger partial charge in [0.25, 0.3) is 10.0 Å². The molecule has 1 N–H and O–H groups in total. The fourth-order valence-corrected chi connectivity index (χ4v) is 6.96. The molecule has 0 saturated heterocycles. The molecule has 0 aliphatic carbocycles. The zero-order valence-electron chi connectivity index (χ0n) is 27.3. The summed E-state index contributed by atoms with van der Waals surface area (Å²) in [6.07, 6.45) is 0.214. The maximum absolute atomic E-state index is 14.7. The molecule has 0 aliphatic heterocycles. The fourth-order valence-electron chi connectivity index (χ4n) is 5.17. The van der Waals surface area contributed by atoms with Crippen LogP contribution < -0.4 is 9.62 Å². The molecule has 0 radical (unpaired) electrons. The van der Waals surface area contributed by atoms with E-state index in [1.165, 1.54) is 17.0 Å². The van der Waals surface area contributed by atoms with Crippen LogP contribution in [0.25, 0.3) is 0 Å². The average molecular weight is 695 g/mol. The first kappa shape index (κ1) is 36.0. The number of hydrogen-bond acceptors (Lipinski definition) is 4. The monoisotopic (exact) mass is 693 g/mol. The van der Waals surface area contributed by atoms with Crippen molar-refractivity contribution in [1.82, 2.24) is 10.2 Å². The standard InChI is InChI=1S/C37H41Cl2N3O4S/c1-25(2)22-40-37(44)35(21-29-11-7-6-8-12-29)41(23-30-16-19-32(38)33(39)20-30)36(43)24-42(34-13-9-10-27(4)28(34)5)47(45,46)31-17-14-26(3)15-18-31/h6-20,25,35H,21-24H2,1-5H3,(H,40,44). The van der Waals surface area contributed by atoms with Crippen LogP contribution in [0.5, 0.6) is 0 Å². The molecule has 1 atom stereocenters. The first-order valence-electron chi connectivity index (χ1n) is 15.5. The summed E-state index contributed by atoms with van der Waals surface area (Å²) >= 11 is 12.6. The Kier molecular flexibility index (Phi) is 12.1. The third kappa shape index (κ3) is 9.15. The van der Waals surface area contributed by atoms with Crippen molar-refractivity contribution in [2.45, 2.75) is 58.5 Å². The maximum Gasteiger partial charge on any atom is 0.264 e. The number of halogens is 2. The first-order chi connectivity index (χ1) is 22.3. The number of benzene rings is 4. The molecular formula is C37H41Cl2N3O4S. The number of carbonyl (C=O) groups excluding carboxylic acids is 2. The Bertz CT molecular complexity index is 1810. The van der Waals surface area contributed by atoms with E-state index >= 15 is 0 Å². The van der Waals surface area contributed by atoms with Crippen molar-refractivity contribution in [2.75, 3.05) is 17.4 Å². The average Bonchev–Trinajstić information content (AvgIpc) is 3.04. The minimum atomic E-state index is -4.20. The Balaban J connectivity index is 1.84. The highest BCUT2D eigenvalue weighted by Crippen LogP contribution is 2.30. The molecule has 0 heterocycles. The van der Waals surface area contributed by atoms with E-state index in [0.29, 0.717) is 27.8 Å². The van der Waals surface area contributed by atoms with E-state index in [-0.39, 0.29) is 29.7 Å². The van der Waals surface area contributed by atoms with Crippen molar-refractivity contribution in [1.29, 1.82) is 0 Å². The highest BCUT2D eigenvalue weighted by Gasteiger charge is 2.35. The third-order valence-corrected chi connectivity index (χ3v) is 10.5. The largest absolute Gasteiger partial charge is 0.354 e. The van der Waals surface area contributed by atoms with Gasteiger partial charge in [-0.3, -0.25) is 13.9 Å². The Labute approximate surface area is 288 Å². The van der Waals surface area contributed by atoms with Crippen LogP contribution in [-0.2, 0) is 32.6 Å². The predicted octanol–water partition coefficient (Wildman–Crippen LogP) is 7.53. The van der Waals surface area contributed by atoms with Crippen molar-refractivity contribution in [2.24, 2.45) is 5.92 Å². The molecule has 0 fully saturated rings. The van der Waals surface area contributed by atoms with E-state index in [1.807, 2.05) is 71.0 Å². The molecule has 1 unspecified atom stereocenters. The van der Waals surface area contributed by atoms with Gasteiger partial charge in [-0.25, -0.2) is 8.42 Å². The lowest BCUT2D eigenvalue weighted by atomic mass is 10.0. The van der Waals surface area contributed by atoms with Crippen LogP contribution in [0.2, 0.25) is 10.0 Å². The topological polar surface area (TPSA) is 86.8 Å². The van der Waals surface area contributed by atoms with Gasteiger partial charge in [-0.2, -0.15) is 0 Å². The Hall–Kier alpha value is -3.85. The van der Waals surface area contributed by atoms with Crippen LogP contribution in [-0.4, -0.2) is 44.3 Å². The Morgan fingerprint density at radius 3 is 2.13 bits per heavy atom. The van der Waals surface area contributed by atoms with Crippen molar-refractivity contribution >= 4 is 50.7 Å². The van der Waals surface area contributed by atoms with Gasteiger partial charge in [0.2, 0.25) is 11.8 Å². The van der Waals surface area contributed by atoms with Crippen LogP contribution in [0.3, 0.4) is 0 Å². The molecule has 248 valence electrons. The van der Waals surface area contributed by atoms with E-state index in [9.17, 15) is 18.0 Å². The summed E-state index contributed by atoms with van der Waals surface area (Å²) < 4.78 is 29.8. The van der Waals surface area contributed by atoms with Gasteiger partial charge in [0.1, 0.15) is 12.6 Å². The van der Waals surface area contributed by atoms with Crippen molar-refractivity contribution in [3.8, 4) is 0 Å². The number of rotatable bonds is 13. The maximum atomic E-state index is 14.7. The van der Waals surface area contributed by atoms with Gasteiger partial charge < -0.3 is 10.2 Å². The van der Waals surface area contributed by atoms with E-state index < -0.39 is 28.5 Å². The molecule has 4 rings (SSSR count). The summed E-state index contributed by atoms with van der Waals surface area (Å²) in [5, 5.41) is 3.66. The van der Waals surface area contributed by atoms with Gasteiger partial charge in [0.05, 0.1) is 20.6 Å². The van der Waals surface area contributed by atoms with Crippen LogP contribution >= 0.6 is 23.2 Å². The van der Waals surface area contributed by atoms with Crippen molar-refractivity contribution < 1.29 is 18.0 Å². The van der Waals surface area contributed by atoms with Gasteiger partial charge in [-0.1, -0.05) is 103 Å². The van der Waals surface area contributed by atoms with Gasteiger partial charge in [-0.15, -0.1) is 0 Å². The Morgan fingerprint density at radius 1 is 0.809 bits per heavy atom. The lowest BCUT2D eigenvalue weighted by molar-refractivity contribution is -0.140. The normalized spacial score (nSPS) is 12.1. The van der Waals surface area contributed by atoms with Gasteiger partial charge in [0.15, 0.2) is 0 Å². The van der Waals surface area contributed by atoms with Crippen molar-refractivity contribution in [3.63, 3.8) is 0 Å². The minimum absolute atomic E-state index is 0.00641. The van der Waals surface area contributed by atoms with Crippen LogP contribution in [0.1, 0.15) is 41.7 Å². The van der Waals surface area contributed by atoms with Crippen LogP contribution in [0.15, 0.2) is 95.9 Å². The van der Waals surface area contributed by atoms with Crippen molar-refractivity contribution in [3.05, 3.63) is 129 Å². The predicted molar refractivity (Wildman–Crippen MR) is 190 cm³/mol. The molecule has 2 amide bonds.